The summed E-state index contributed by atoms with van der Waals surface area (Å²) in [6, 6.07) is 107. The van der Waals surface area contributed by atoms with Crippen LogP contribution >= 0.6 is 0 Å². The van der Waals surface area contributed by atoms with E-state index in [2.05, 4.69) is 306 Å². The Balaban J connectivity index is 1.02. The monoisotopic (exact) mass is 965 g/mol. The van der Waals surface area contributed by atoms with Crippen LogP contribution in [0.15, 0.2) is 291 Å². The number of rotatable bonds is 8. The first-order valence-corrected chi connectivity index (χ1v) is 26.3. The zero-order valence-electron chi connectivity index (χ0n) is 41.6. The van der Waals surface area contributed by atoms with E-state index in [1.807, 2.05) is 0 Å². The fraction of sp³-hybridized carbons (Fsp3) is 0. The zero-order valence-corrected chi connectivity index (χ0v) is 41.6. The molecular formula is C72H48BN3. The molecule has 0 spiro atoms. The van der Waals surface area contributed by atoms with Crippen molar-refractivity contribution in [3.63, 3.8) is 0 Å². The molecule has 0 N–H and O–H groups in total. The second-order valence-corrected chi connectivity index (χ2v) is 20.1. The Hall–Kier alpha value is -9.90. The zero-order chi connectivity index (χ0) is 50.1. The molecule has 0 aliphatic carbocycles. The van der Waals surface area contributed by atoms with E-state index in [-0.39, 0.29) is 6.71 Å². The molecule has 2 aliphatic heterocycles. The quantitative estimate of drug-likeness (QED) is 0.141. The van der Waals surface area contributed by atoms with Gasteiger partial charge in [0.15, 0.2) is 0 Å². The molecule has 13 aromatic rings. The number of nitrogens with zero attached hydrogens (tertiary/aromatic N) is 3. The number of benzene rings is 12. The van der Waals surface area contributed by atoms with E-state index in [0.29, 0.717) is 0 Å². The third kappa shape index (κ3) is 7.21. The molecule has 0 fully saturated rings. The normalized spacial score (nSPS) is 12.4. The van der Waals surface area contributed by atoms with Gasteiger partial charge in [0.25, 0.3) is 6.71 Å². The van der Waals surface area contributed by atoms with Crippen molar-refractivity contribution in [1.82, 2.24) is 4.57 Å². The highest BCUT2D eigenvalue weighted by atomic mass is 15.2. The van der Waals surface area contributed by atoms with Gasteiger partial charge >= 0.3 is 0 Å². The Kier molecular flexibility index (Phi) is 10.3. The SMILES string of the molecule is c1ccc(-c2ccc(N3c4ccc(-c5ccccc5)cc4B4c5cc(-c6ccccc6)ccc5N(c5ccc(-c6ccccc6)cc5)c5cc(-c6ccc7c(c6)c6ccccc6n7-c6ccccc6)cc3c54)cc2)cc1. The van der Waals surface area contributed by atoms with E-state index in [1.165, 1.54) is 105 Å². The minimum atomic E-state index is -0.0950. The van der Waals surface area contributed by atoms with Gasteiger partial charge in [0.05, 0.1) is 11.0 Å². The highest BCUT2D eigenvalue weighted by Crippen LogP contribution is 2.48. The van der Waals surface area contributed by atoms with Crippen molar-refractivity contribution in [3.05, 3.63) is 291 Å². The number of fused-ring (bicyclic) bond motifs is 7. The molecule has 0 amide bonds. The van der Waals surface area contributed by atoms with Crippen LogP contribution in [0.2, 0.25) is 0 Å². The molecule has 0 atom stereocenters. The van der Waals surface area contributed by atoms with Gasteiger partial charge in [-0.25, -0.2) is 0 Å². The van der Waals surface area contributed by atoms with Crippen molar-refractivity contribution in [2.24, 2.45) is 0 Å². The number of hydrogen-bond donors (Lipinski definition) is 0. The molecule has 12 aromatic carbocycles. The van der Waals surface area contributed by atoms with Crippen LogP contribution in [0.5, 0.6) is 0 Å². The fourth-order valence-electron chi connectivity index (χ4n) is 12.2. The van der Waals surface area contributed by atoms with Crippen molar-refractivity contribution in [1.29, 1.82) is 0 Å². The predicted molar refractivity (Wildman–Crippen MR) is 322 cm³/mol. The lowest BCUT2D eigenvalue weighted by molar-refractivity contribution is 1.18. The van der Waals surface area contributed by atoms with Crippen molar-refractivity contribution in [3.8, 4) is 61.3 Å². The van der Waals surface area contributed by atoms with E-state index in [4.69, 9.17) is 0 Å². The molecule has 0 unspecified atom stereocenters. The van der Waals surface area contributed by atoms with Crippen LogP contribution in [-0.2, 0) is 0 Å². The smallest absolute Gasteiger partial charge is 0.252 e. The van der Waals surface area contributed by atoms with Crippen molar-refractivity contribution < 1.29 is 0 Å². The van der Waals surface area contributed by atoms with Gasteiger partial charge < -0.3 is 14.4 Å². The van der Waals surface area contributed by atoms with Gasteiger partial charge in [-0.3, -0.25) is 0 Å². The first-order chi connectivity index (χ1) is 37.7. The Morgan fingerprint density at radius 1 is 0.224 bits per heavy atom. The van der Waals surface area contributed by atoms with E-state index in [9.17, 15) is 0 Å². The maximum absolute atomic E-state index is 2.54. The van der Waals surface area contributed by atoms with Gasteiger partial charge in [0.1, 0.15) is 0 Å². The molecule has 2 aliphatic rings. The third-order valence-corrected chi connectivity index (χ3v) is 15.8. The summed E-state index contributed by atoms with van der Waals surface area (Å²) in [5.41, 5.74) is 26.1. The van der Waals surface area contributed by atoms with Gasteiger partial charge in [0.2, 0.25) is 0 Å². The average molecular weight is 966 g/mol. The summed E-state index contributed by atoms with van der Waals surface area (Å²) in [7, 11) is 0. The number of aromatic nitrogens is 1. The molecule has 76 heavy (non-hydrogen) atoms. The summed E-state index contributed by atoms with van der Waals surface area (Å²) in [5, 5.41) is 2.45. The van der Waals surface area contributed by atoms with Crippen LogP contribution in [0.3, 0.4) is 0 Å². The Bertz CT molecular complexity index is 4110. The van der Waals surface area contributed by atoms with E-state index in [1.54, 1.807) is 0 Å². The summed E-state index contributed by atoms with van der Waals surface area (Å²) in [6.45, 7) is -0.0950. The first kappa shape index (κ1) is 43.7. The Morgan fingerprint density at radius 3 is 1.08 bits per heavy atom. The Labute approximate surface area is 443 Å². The van der Waals surface area contributed by atoms with E-state index in [0.717, 1.165) is 28.2 Å². The van der Waals surface area contributed by atoms with Crippen molar-refractivity contribution in [2.45, 2.75) is 0 Å². The Morgan fingerprint density at radius 2 is 0.592 bits per heavy atom. The number of anilines is 6. The molecule has 1 aromatic heterocycles. The molecule has 354 valence electrons. The van der Waals surface area contributed by atoms with Gasteiger partial charge in [-0.2, -0.15) is 0 Å². The summed E-state index contributed by atoms with van der Waals surface area (Å²) < 4.78 is 2.40. The van der Waals surface area contributed by atoms with Crippen LogP contribution in [0, 0.1) is 0 Å². The van der Waals surface area contributed by atoms with Crippen molar-refractivity contribution >= 4 is 79.0 Å². The number of para-hydroxylation sites is 2. The van der Waals surface area contributed by atoms with Gasteiger partial charge in [-0.15, -0.1) is 0 Å². The van der Waals surface area contributed by atoms with Crippen molar-refractivity contribution in [2.75, 3.05) is 9.80 Å². The van der Waals surface area contributed by atoms with Gasteiger partial charge in [0, 0.05) is 50.6 Å². The van der Waals surface area contributed by atoms with E-state index < -0.39 is 0 Å². The molecule has 0 saturated carbocycles. The van der Waals surface area contributed by atoms with Crippen LogP contribution in [0.4, 0.5) is 34.1 Å². The second kappa shape index (κ2) is 17.9. The molecule has 3 nitrogen and oxygen atoms in total. The van der Waals surface area contributed by atoms with Gasteiger partial charge in [-0.1, -0.05) is 212 Å². The fourth-order valence-corrected chi connectivity index (χ4v) is 12.2. The molecule has 0 bridgehead atoms. The summed E-state index contributed by atoms with van der Waals surface area (Å²) >= 11 is 0. The summed E-state index contributed by atoms with van der Waals surface area (Å²) in [6.07, 6.45) is 0. The minimum absolute atomic E-state index is 0.0950. The molecule has 0 saturated heterocycles. The largest absolute Gasteiger partial charge is 0.311 e. The number of hydrogen-bond acceptors (Lipinski definition) is 2. The second-order valence-electron chi connectivity index (χ2n) is 20.1. The topological polar surface area (TPSA) is 11.4 Å². The highest BCUT2D eigenvalue weighted by molar-refractivity contribution is 7.00. The predicted octanol–water partition coefficient (Wildman–Crippen LogP) is 17.2. The lowest BCUT2D eigenvalue weighted by Gasteiger charge is -2.44. The van der Waals surface area contributed by atoms with Crippen LogP contribution < -0.4 is 26.2 Å². The maximum Gasteiger partial charge on any atom is 0.252 e. The van der Waals surface area contributed by atoms with Gasteiger partial charge in [-0.05, 0) is 151 Å². The van der Waals surface area contributed by atoms with Crippen LogP contribution in [0.25, 0.3) is 83.1 Å². The summed E-state index contributed by atoms with van der Waals surface area (Å²) in [4.78, 5) is 5.08. The van der Waals surface area contributed by atoms with Crippen LogP contribution in [0.1, 0.15) is 0 Å². The highest BCUT2D eigenvalue weighted by Gasteiger charge is 2.44. The lowest BCUT2D eigenvalue weighted by Crippen LogP contribution is -2.61. The molecule has 4 heteroatoms. The molecule has 3 heterocycles. The minimum Gasteiger partial charge on any atom is -0.311 e. The lowest BCUT2D eigenvalue weighted by atomic mass is 9.33. The van der Waals surface area contributed by atoms with E-state index >= 15 is 0 Å². The average Bonchev–Trinajstić information content (AvgIpc) is 3.97. The standard InChI is InChI=1S/C72H48BN3/c1-6-18-49(19-7-1)53-30-37-60(38-31-53)75-68-42-35-56(51-22-10-3-11-23-51)45-64(68)73-65-46-57(52-24-12-4-13-25-52)36-43-69(65)76(61-39-32-54(33-40-61)50-20-8-2-9-21-50)71-48-58(47-70(75)72(71)73)55-34-41-67-63(44-55)62-28-16-17-29-66(62)74(67)59-26-14-5-15-27-59/h1-48H. The molecule has 0 radical (unpaired) electrons. The molecular weight excluding hydrogens is 918 g/mol. The van der Waals surface area contributed by atoms with Crippen LogP contribution in [-0.4, -0.2) is 11.3 Å². The third-order valence-electron chi connectivity index (χ3n) is 15.8. The maximum atomic E-state index is 2.54. The first-order valence-electron chi connectivity index (χ1n) is 26.3. The molecule has 15 rings (SSSR count). The summed E-state index contributed by atoms with van der Waals surface area (Å²) in [5.74, 6) is 0.